The molecule has 0 radical (unpaired) electrons. The summed E-state index contributed by atoms with van der Waals surface area (Å²) in [6.45, 7) is 0.969. The van der Waals surface area contributed by atoms with Gasteiger partial charge in [0.1, 0.15) is 10.7 Å². The van der Waals surface area contributed by atoms with E-state index in [1.807, 2.05) is 0 Å². The van der Waals surface area contributed by atoms with E-state index in [1.165, 1.54) is 40.5 Å². The molecule has 3 rings (SSSR count). The zero-order valence-corrected chi connectivity index (χ0v) is 16.4. The molecule has 27 heavy (non-hydrogen) atoms. The summed E-state index contributed by atoms with van der Waals surface area (Å²) in [5, 5.41) is 0.0789. The van der Waals surface area contributed by atoms with Gasteiger partial charge in [-0.25, -0.2) is 12.8 Å². The van der Waals surface area contributed by atoms with E-state index in [9.17, 15) is 17.6 Å². The summed E-state index contributed by atoms with van der Waals surface area (Å²) in [4.78, 5) is 14.0. The monoisotopic (exact) mass is 410 g/mol. The molecule has 8 heteroatoms. The van der Waals surface area contributed by atoms with Gasteiger partial charge in [0, 0.05) is 37.8 Å². The van der Waals surface area contributed by atoms with Crippen LogP contribution in [0.5, 0.6) is 0 Å². The van der Waals surface area contributed by atoms with Gasteiger partial charge in [-0.3, -0.25) is 4.79 Å². The lowest BCUT2D eigenvalue weighted by Gasteiger charge is -2.20. The minimum Gasteiger partial charge on any atom is -0.337 e. The molecule has 5 nitrogen and oxygen atoms in total. The smallest absolute Gasteiger partial charge is 0.253 e. The van der Waals surface area contributed by atoms with Crippen molar-refractivity contribution in [3.63, 3.8) is 0 Å². The predicted octanol–water partition coefficient (Wildman–Crippen LogP) is 3.54. The summed E-state index contributed by atoms with van der Waals surface area (Å²) in [5.41, 5.74) is 0.572. The van der Waals surface area contributed by atoms with Crippen LogP contribution >= 0.6 is 11.6 Å². The molecule has 1 aliphatic rings. The molecular formula is C19H20ClFN2O3S. The molecule has 1 aliphatic heterocycles. The van der Waals surface area contributed by atoms with Gasteiger partial charge < -0.3 is 4.90 Å². The van der Waals surface area contributed by atoms with Crippen molar-refractivity contribution in [1.82, 2.24) is 9.21 Å². The summed E-state index contributed by atoms with van der Waals surface area (Å²) < 4.78 is 40.8. The third kappa shape index (κ3) is 4.15. The van der Waals surface area contributed by atoms with Gasteiger partial charge in [0.25, 0.3) is 5.91 Å². The molecule has 2 aromatic carbocycles. The second-order valence-electron chi connectivity index (χ2n) is 6.51. The summed E-state index contributed by atoms with van der Waals surface area (Å²) in [7, 11) is -2.21. The molecular weight excluding hydrogens is 391 g/mol. The Morgan fingerprint density at radius 3 is 2.52 bits per heavy atom. The quantitative estimate of drug-likeness (QED) is 0.757. The summed E-state index contributed by atoms with van der Waals surface area (Å²) in [5.74, 6) is -0.807. The van der Waals surface area contributed by atoms with E-state index in [4.69, 9.17) is 11.6 Å². The second kappa shape index (κ2) is 7.96. The first-order valence-corrected chi connectivity index (χ1v) is 10.4. The van der Waals surface area contributed by atoms with Crippen molar-refractivity contribution in [2.45, 2.75) is 24.3 Å². The van der Waals surface area contributed by atoms with Crippen LogP contribution in [0.2, 0.25) is 5.02 Å². The van der Waals surface area contributed by atoms with Gasteiger partial charge in [-0.15, -0.1) is 0 Å². The first-order chi connectivity index (χ1) is 12.8. The van der Waals surface area contributed by atoms with Gasteiger partial charge in [-0.2, -0.15) is 4.31 Å². The Hall–Kier alpha value is -1.96. The summed E-state index contributed by atoms with van der Waals surface area (Å²) >= 11 is 6.11. The molecule has 0 atom stereocenters. The van der Waals surface area contributed by atoms with Gasteiger partial charge in [0.15, 0.2) is 0 Å². The van der Waals surface area contributed by atoms with Crippen LogP contribution in [0.3, 0.4) is 0 Å². The molecule has 1 fully saturated rings. The topological polar surface area (TPSA) is 57.7 Å². The highest BCUT2D eigenvalue weighted by atomic mass is 35.5. The first kappa shape index (κ1) is 19.8. The standard InChI is InChI=1S/C19H20ClFN2O3S/c1-22(13-15-6-2-3-7-17(15)21)19(24)14-8-9-16(20)18(12-14)27(25,26)23-10-4-5-11-23/h2-3,6-9,12H,4-5,10-11,13H2,1H3. The van der Waals surface area contributed by atoms with Crippen LogP contribution in [0.1, 0.15) is 28.8 Å². The molecule has 0 aromatic heterocycles. The maximum Gasteiger partial charge on any atom is 0.253 e. The van der Waals surface area contributed by atoms with Crippen LogP contribution in [0.25, 0.3) is 0 Å². The SMILES string of the molecule is CN(Cc1ccccc1F)C(=O)c1ccc(Cl)c(S(=O)(=O)N2CCCC2)c1. The summed E-state index contributed by atoms with van der Waals surface area (Å²) in [6.07, 6.45) is 1.61. The molecule has 0 spiro atoms. The highest BCUT2D eigenvalue weighted by Gasteiger charge is 2.30. The van der Waals surface area contributed by atoms with Crippen molar-refractivity contribution < 1.29 is 17.6 Å². The molecule has 0 unspecified atom stereocenters. The molecule has 0 aliphatic carbocycles. The van der Waals surface area contributed by atoms with Crippen molar-refractivity contribution in [3.8, 4) is 0 Å². The number of hydrogen-bond acceptors (Lipinski definition) is 3. The molecule has 144 valence electrons. The van der Waals surface area contributed by atoms with Crippen LogP contribution < -0.4 is 0 Å². The maximum atomic E-state index is 13.8. The number of nitrogens with zero attached hydrogens (tertiary/aromatic N) is 2. The lowest BCUT2D eigenvalue weighted by molar-refractivity contribution is 0.0783. The van der Waals surface area contributed by atoms with E-state index < -0.39 is 21.7 Å². The molecule has 1 heterocycles. The Bertz CT molecular complexity index is 959. The van der Waals surface area contributed by atoms with Crippen molar-refractivity contribution >= 4 is 27.5 Å². The van der Waals surface area contributed by atoms with Crippen LogP contribution in [-0.4, -0.2) is 43.7 Å². The molecule has 0 bridgehead atoms. The fourth-order valence-electron chi connectivity index (χ4n) is 3.08. The van der Waals surface area contributed by atoms with E-state index in [2.05, 4.69) is 0 Å². The Labute approximate surface area is 163 Å². The second-order valence-corrected chi connectivity index (χ2v) is 8.82. The third-order valence-electron chi connectivity index (χ3n) is 4.57. The van der Waals surface area contributed by atoms with Gasteiger partial charge in [0.2, 0.25) is 10.0 Å². The molecule has 0 saturated carbocycles. The number of sulfonamides is 1. The van der Waals surface area contributed by atoms with Crippen LogP contribution in [-0.2, 0) is 16.6 Å². The average molecular weight is 411 g/mol. The lowest BCUT2D eigenvalue weighted by Crippen LogP contribution is -2.29. The number of rotatable bonds is 5. The van der Waals surface area contributed by atoms with Gasteiger partial charge in [0.05, 0.1) is 5.02 Å². The molecule has 1 amide bonds. The normalized spacial score (nSPS) is 15.1. The van der Waals surface area contributed by atoms with Crippen molar-refractivity contribution in [2.75, 3.05) is 20.1 Å². The van der Waals surface area contributed by atoms with E-state index in [0.29, 0.717) is 18.7 Å². The Balaban J connectivity index is 1.86. The Kier molecular flexibility index (Phi) is 5.83. The van der Waals surface area contributed by atoms with Crippen LogP contribution in [0, 0.1) is 5.82 Å². The number of carbonyl (C=O) groups excluding carboxylic acids is 1. The summed E-state index contributed by atoms with van der Waals surface area (Å²) in [6, 6.07) is 10.4. The number of halogens is 2. The first-order valence-electron chi connectivity index (χ1n) is 8.59. The van der Waals surface area contributed by atoms with Gasteiger partial charge >= 0.3 is 0 Å². The zero-order chi connectivity index (χ0) is 19.6. The fraction of sp³-hybridized carbons (Fsp3) is 0.316. The van der Waals surface area contributed by atoms with E-state index in [1.54, 1.807) is 18.2 Å². The fourth-order valence-corrected chi connectivity index (χ4v) is 5.09. The van der Waals surface area contributed by atoms with Gasteiger partial charge in [-0.1, -0.05) is 29.8 Å². The van der Waals surface area contributed by atoms with Gasteiger partial charge in [-0.05, 0) is 37.1 Å². The van der Waals surface area contributed by atoms with Crippen LogP contribution in [0.15, 0.2) is 47.4 Å². The van der Waals surface area contributed by atoms with Crippen molar-refractivity contribution in [2.24, 2.45) is 0 Å². The van der Waals surface area contributed by atoms with E-state index >= 15 is 0 Å². The minimum absolute atomic E-state index is 0.0718. The highest BCUT2D eigenvalue weighted by molar-refractivity contribution is 7.89. The van der Waals surface area contributed by atoms with Crippen LogP contribution in [0.4, 0.5) is 4.39 Å². The number of amides is 1. The number of hydrogen-bond donors (Lipinski definition) is 0. The zero-order valence-electron chi connectivity index (χ0n) is 14.9. The average Bonchev–Trinajstić information content (AvgIpc) is 3.19. The maximum absolute atomic E-state index is 13.8. The Morgan fingerprint density at radius 2 is 1.85 bits per heavy atom. The van der Waals surface area contributed by atoms with Crippen molar-refractivity contribution in [1.29, 1.82) is 0 Å². The molecule has 0 N–H and O–H groups in total. The lowest BCUT2D eigenvalue weighted by atomic mass is 10.1. The van der Waals surface area contributed by atoms with E-state index in [-0.39, 0.29) is 22.0 Å². The highest BCUT2D eigenvalue weighted by Crippen LogP contribution is 2.28. The van der Waals surface area contributed by atoms with Crippen molar-refractivity contribution in [3.05, 3.63) is 64.4 Å². The minimum atomic E-state index is -3.75. The molecule has 1 saturated heterocycles. The predicted molar refractivity (Wildman–Crippen MR) is 102 cm³/mol. The third-order valence-corrected chi connectivity index (χ3v) is 6.95. The number of carbonyl (C=O) groups is 1. The molecule has 2 aromatic rings. The van der Waals surface area contributed by atoms with E-state index in [0.717, 1.165) is 12.8 Å². The Morgan fingerprint density at radius 1 is 1.19 bits per heavy atom. The number of benzene rings is 2. The largest absolute Gasteiger partial charge is 0.337 e.